The average molecular weight is 529 g/mol. The number of nitrogen functional groups attached to an aromatic ring is 1. The highest BCUT2D eigenvalue weighted by Crippen LogP contribution is 2.28. The summed E-state index contributed by atoms with van der Waals surface area (Å²) in [5.41, 5.74) is 8.52. The molecule has 0 unspecified atom stereocenters. The Hall–Kier alpha value is -1.62. The molecule has 5 nitrogen and oxygen atoms in total. The van der Waals surface area contributed by atoms with Crippen LogP contribution in [-0.2, 0) is 0 Å². The zero-order valence-electron chi connectivity index (χ0n) is 11.9. The van der Waals surface area contributed by atoms with Crippen molar-refractivity contribution >= 4 is 73.9 Å². The van der Waals surface area contributed by atoms with Crippen molar-refractivity contribution < 1.29 is 0 Å². The summed E-state index contributed by atoms with van der Waals surface area (Å²) < 4.78 is 2.34. The van der Waals surface area contributed by atoms with Gasteiger partial charge in [-0.15, -0.1) is 0 Å². The molecule has 0 saturated carbocycles. The molecular weight excluding hydrogens is 516 g/mol. The Balaban J connectivity index is 1.83. The van der Waals surface area contributed by atoms with E-state index in [0.29, 0.717) is 17.3 Å². The van der Waals surface area contributed by atoms with Crippen LogP contribution in [0.4, 0.5) is 28.7 Å². The van der Waals surface area contributed by atoms with Gasteiger partial charge in [0, 0.05) is 18.5 Å². The topological polar surface area (TPSA) is 75.9 Å². The summed E-state index contributed by atoms with van der Waals surface area (Å²) in [6.45, 7) is 0. The van der Waals surface area contributed by atoms with Gasteiger partial charge in [-0.2, -0.15) is 0 Å². The summed E-state index contributed by atoms with van der Waals surface area (Å²) in [6, 6.07) is 16.0. The van der Waals surface area contributed by atoms with Crippen molar-refractivity contribution in [3.8, 4) is 0 Å². The van der Waals surface area contributed by atoms with Crippen LogP contribution in [0.15, 0.2) is 54.9 Å². The second-order valence-corrected chi connectivity index (χ2v) is 7.24. The van der Waals surface area contributed by atoms with Gasteiger partial charge in [0.15, 0.2) is 11.6 Å². The molecule has 0 spiro atoms. The van der Waals surface area contributed by atoms with Gasteiger partial charge in [0.25, 0.3) is 0 Å². The molecule has 0 saturated heterocycles. The molecule has 0 atom stereocenters. The first-order valence-electron chi connectivity index (χ1n) is 6.77. The van der Waals surface area contributed by atoms with Gasteiger partial charge in [0.1, 0.15) is 12.0 Å². The maximum atomic E-state index is 6.19. The number of benzene rings is 2. The van der Waals surface area contributed by atoms with E-state index in [2.05, 4.69) is 65.8 Å². The van der Waals surface area contributed by atoms with Crippen LogP contribution in [0.3, 0.4) is 0 Å². The fraction of sp³-hybridized carbons (Fsp3) is 0. The number of aromatic nitrogens is 2. The number of rotatable bonds is 4. The molecule has 0 bridgehead atoms. The third kappa shape index (κ3) is 4.22. The van der Waals surface area contributed by atoms with Crippen molar-refractivity contribution in [2.45, 2.75) is 0 Å². The van der Waals surface area contributed by atoms with E-state index in [1.807, 2.05) is 48.5 Å². The fourth-order valence-electron chi connectivity index (χ4n) is 1.93. The lowest BCUT2D eigenvalue weighted by atomic mass is 10.3. The van der Waals surface area contributed by atoms with Gasteiger partial charge < -0.3 is 16.4 Å². The molecule has 3 aromatic rings. The van der Waals surface area contributed by atoms with Gasteiger partial charge in [0.05, 0.1) is 0 Å². The Morgan fingerprint density at radius 3 is 1.48 bits per heavy atom. The number of halogens is 2. The predicted molar refractivity (Wildman–Crippen MR) is 111 cm³/mol. The van der Waals surface area contributed by atoms with E-state index in [9.17, 15) is 0 Å². The van der Waals surface area contributed by atoms with E-state index in [1.165, 1.54) is 13.5 Å². The number of hydrogen-bond donors (Lipinski definition) is 3. The summed E-state index contributed by atoms with van der Waals surface area (Å²) in [4.78, 5) is 8.44. The Kier molecular flexibility index (Phi) is 5.16. The summed E-state index contributed by atoms with van der Waals surface area (Å²) in [5.74, 6) is 1.16. The molecule has 116 valence electrons. The maximum absolute atomic E-state index is 6.19. The minimum atomic E-state index is 0.476. The maximum Gasteiger partial charge on any atom is 0.159 e. The Morgan fingerprint density at radius 1 is 0.696 bits per heavy atom. The van der Waals surface area contributed by atoms with E-state index >= 15 is 0 Å². The molecule has 1 heterocycles. The first kappa shape index (κ1) is 16.2. The van der Waals surface area contributed by atoms with Crippen LogP contribution in [-0.4, -0.2) is 9.97 Å². The largest absolute Gasteiger partial charge is 0.393 e. The third-order valence-corrected chi connectivity index (χ3v) is 4.54. The fourth-order valence-corrected chi connectivity index (χ4v) is 2.65. The Morgan fingerprint density at radius 2 is 1.09 bits per heavy atom. The van der Waals surface area contributed by atoms with Crippen LogP contribution in [0, 0.1) is 7.14 Å². The number of nitrogens with one attached hydrogen (secondary N) is 2. The lowest BCUT2D eigenvalue weighted by molar-refractivity contribution is 1.17. The molecule has 1 aromatic heterocycles. The molecule has 0 aliphatic rings. The summed E-state index contributed by atoms with van der Waals surface area (Å²) in [5, 5.41) is 6.43. The van der Waals surface area contributed by atoms with Gasteiger partial charge in [0.2, 0.25) is 0 Å². The van der Waals surface area contributed by atoms with Crippen molar-refractivity contribution in [1.29, 1.82) is 0 Å². The number of hydrogen-bond acceptors (Lipinski definition) is 5. The molecule has 0 amide bonds. The van der Waals surface area contributed by atoms with Crippen LogP contribution >= 0.6 is 45.2 Å². The van der Waals surface area contributed by atoms with E-state index in [-0.39, 0.29) is 0 Å². The number of nitrogens with two attached hydrogens (primary N) is 1. The van der Waals surface area contributed by atoms with Crippen molar-refractivity contribution in [2.24, 2.45) is 0 Å². The van der Waals surface area contributed by atoms with Crippen LogP contribution in [0.2, 0.25) is 0 Å². The molecule has 0 fully saturated rings. The van der Waals surface area contributed by atoms with Gasteiger partial charge in [-0.25, -0.2) is 9.97 Å². The van der Waals surface area contributed by atoms with Gasteiger partial charge in [-0.05, 0) is 93.7 Å². The first-order valence-corrected chi connectivity index (χ1v) is 8.93. The zero-order valence-corrected chi connectivity index (χ0v) is 16.2. The third-order valence-electron chi connectivity index (χ3n) is 3.10. The van der Waals surface area contributed by atoms with Crippen LogP contribution < -0.4 is 16.4 Å². The molecule has 3 rings (SSSR count). The zero-order chi connectivity index (χ0) is 16.2. The monoisotopic (exact) mass is 529 g/mol. The number of anilines is 5. The van der Waals surface area contributed by atoms with Gasteiger partial charge in [-0.3, -0.25) is 0 Å². The molecule has 7 heteroatoms. The highest BCUT2D eigenvalue weighted by Gasteiger charge is 2.08. The Labute approximate surface area is 161 Å². The standard InChI is InChI=1S/C16H13I2N5/c17-10-1-5-12(6-2-10)22-15-14(19)16(21-9-20-15)23-13-7-3-11(18)4-8-13/h1-9H,19H2,(H2,20,21,22,23). The molecule has 0 aliphatic heterocycles. The van der Waals surface area contributed by atoms with Crippen LogP contribution in [0.5, 0.6) is 0 Å². The SMILES string of the molecule is Nc1c(Nc2ccc(I)cc2)ncnc1Nc1ccc(I)cc1. The van der Waals surface area contributed by atoms with E-state index < -0.39 is 0 Å². The molecule has 23 heavy (non-hydrogen) atoms. The quantitative estimate of drug-likeness (QED) is 0.426. The van der Waals surface area contributed by atoms with Crippen LogP contribution in [0.25, 0.3) is 0 Å². The van der Waals surface area contributed by atoms with E-state index in [4.69, 9.17) is 5.73 Å². The normalized spacial score (nSPS) is 10.3. The molecular formula is C16H13I2N5. The van der Waals surface area contributed by atoms with Gasteiger partial charge in [-0.1, -0.05) is 0 Å². The minimum absolute atomic E-state index is 0.476. The summed E-state index contributed by atoms with van der Waals surface area (Å²) in [7, 11) is 0. The summed E-state index contributed by atoms with van der Waals surface area (Å²) >= 11 is 4.53. The van der Waals surface area contributed by atoms with Crippen molar-refractivity contribution in [3.05, 3.63) is 62.0 Å². The highest BCUT2D eigenvalue weighted by molar-refractivity contribution is 14.1. The summed E-state index contributed by atoms with van der Waals surface area (Å²) in [6.07, 6.45) is 1.49. The van der Waals surface area contributed by atoms with Crippen molar-refractivity contribution in [3.63, 3.8) is 0 Å². The minimum Gasteiger partial charge on any atom is -0.393 e. The molecule has 0 radical (unpaired) electrons. The van der Waals surface area contributed by atoms with Gasteiger partial charge >= 0.3 is 0 Å². The highest BCUT2D eigenvalue weighted by atomic mass is 127. The Bertz CT molecular complexity index is 738. The first-order chi connectivity index (χ1) is 11.1. The average Bonchev–Trinajstić information content (AvgIpc) is 2.55. The van der Waals surface area contributed by atoms with E-state index in [0.717, 1.165) is 11.4 Å². The van der Waals surface area contributed by atoms with Crippen LogP contribution in [0.1, 0.15) is 0 Å². The lowest BCUT2D eigenvalue weighted by Crippen LogP contribution is -2.05. The lowest BCUT2D eigenvalue weighted by Gasteiger charge is -2.12. The molecule has 2 aromatic carbocycles. The smallest absolute Gasteiger partial charge is 0.159 e. The molecule has 4 N–H and O–H groups in total. The second kappa shape index (κ2) is 7.30. The van der Waals surface area contributed by atoms with Crippen molar-refractivity contribution in [1.82, 2.24) is 9.97 Å². The van der Waals surface area contributed by atoms with E-state index in [1.54, 1.807) is 0 Å². The van der Waals surface area contributed by atoms with Crippen molar-refractivity contribution in [2.75, 3.05) is 16.4 Å². The second-order valence-electron chi connectivity index (χ2n) is 4.75. The number of nitrogens with zero attached hydrogens (tertiary/aromatic N) is 2. The predicted octanol–water partition coefficient (Wildman–Crippen LogP) is 4.76. The molecule has 0 aliphatic carbocycles.